The molecule has 28 heavy (non-hydrogen) atoms. The van der Waals surface area contributed by atoms with Gasteiger partial charge in [-0.3, -0.25) is 9.88 Å². The summed E-state index contributed by atoms with van der Waals surface area (Å²) >= 11 is 0. The standard InChI is InChI=1S/C21H23N5O2/c1-25-10-8-23-20(25)19-12-22-11-18(24-19)17-3-2-9-26(14-17)13-15-4-6-16(7-5-15)21(27)28/h4-8,10-12,17H,2-3,9,13-14H2,1H3,(H,27,28). The van der Waals surface area contributed by atoms with E-state index < -0.39 is 5.97 Å². The molecule has 1 atom stereocenters. The first-order valence-electron chi connectivity index (χ1n) is 9.44. The van der Waals surface area contributed by atoms with Gasteiger partial charge >= 0.3 is 5.97 Å². The molecule has 0 spiro atoms. The number of imidazole rings is 1. The van der Waals surface area contributed by atoms with E-state index in [1.807, 2.05) is 36.1 Å². The lowest BCUT2D eigenvalue weighted by Gasteiger charge is -2.32. The second-order valence-corrected chi connectivity index (χ2v) is 7.27. The lowest BCUT2D eigenvalue weighted by Crippen LogP contribution is -2.34. The van der Waals surface area contributed by atoms with E-state index in [-0.39, 0.29) is 0 Å². The summed E-state index contributed by atoms with van der Waals surface area (Å²) in [7, 11) is 1.95. The molecule has 0 saturated carbocycles. The zero-order valence-electron chi connectivity index (χ0n) is 15.8. The van der Waals surface area contributed by atoms with E-state index in [4.69, 9.17) is 10.1 Å². The minimum atomic E-state index is -0.893. The van der Waals surface area contributed by atoms with Gasteiger partial charge in [0.25, 0.3) is 0 Å². The fourth-order valence-corrected chi connectivity index (χ4v) is 3.75. The number of hydrogen-bond donors (Lipinski definition) is 1. The number of piperidine rings is 1. The molecule has 1 aliphatic rings. The first-order chi connectivity index (χ1) is 13.6. The summed E-state index contributed by atoms with van der Waals surface area (Å²) in [5, 5.41) is 9.04. The molecule has 1 aliphatic heterocycles. The van der Waals surface area contributed by atoms with Crippen LogP contribution in [0.25, 0.3) is 11.5 Å². The molecule has 0 amide bonds. The highest BCUT2D eigenvalue weighted by molar-refractivity contribution is 5.87. The Balaban J connectivity index is 1.46. The maximum Gasteiger partial charge on any atom is 0.335 e. The predicted molar refractivity (Wildman–Crippen MR) is 105 cm³/mol. The Morgan fingerprint density at radius 1 is 1.25 bits per heavy atom. The number of aromatic carboxylic acids is 1. The number of carbonyl (C=O) groups is 1. The van der Waals surface area contributed by atoms with Crippen LogP contribution in [0.1, 0.15) is 40.4 Å². The molecular weight excluding hydrogens is 354 g/mol. The minimum Gasteiger partial charge on any atom is -0.478 e. The molecule has 7 nitrogen and oxygen atoms in total. The molecule has 1 N–H and O–H groups in total. The van der Waals surface area contributed by atoms with Crippen LogP contribution < -0.4 is 0 Å². The highest BCUT2D eigenvalue weighted by Gasteiger charge is 2.23. The number of likely N-dealkylation sites (tertiary alicyclic amines) is 1. The Morgan fingerprint density at radius 2 is 2.07 bits per heavy atom. The monoisotopic (exact) mass is 377 g/mol. The van der Waals surface area contributed by atoms with Gasteiger partial charge in [0.2, 0.25) is 0 Å². The molecule has 1 aromatic carbocycles. The van der Waals surface area contributed by atoms with E-state index in [2.05, 4.69) is 14.9 Å². The Morgan fingerprint density at radius 3 is 2.79 bits per heavy atom. The highest BCUT2D eigenvalue weighted by atomic mass is 16.4. The fraction of sp³-hybridized carbons (Fsp3) is 0.333. The zero-order chi connectivity index (χ0) is 19.5. The topological polar surface area (TPSA) is 84.1 Å². The van der Waals surface area contributed by atoms with Crippen molar-refractivity contribution in [3.63, 3.8) is 0 Å². The van der Waals surface area contributed by atoms with Crippen molar-refractivity contribution in [2.45, 2.75) is 25.3 Å². The van der Waals surface area contributed by atoms with Crippen LogP contribution in [-0.4, -0.2) is 48.6 Å². The van der Waals surface area contributed by atoms with Crippen LogP contribution in [0.2, 0.25) is 0 Å². The van der Waals surface area contributed by atoms with Gasteiger partial charge in [-0.25, -0.2) is 14.8 Å². The number of carboxylic acids is 1. The van der Waals surface area contributed by atoms with Gasteiger partial charge in [-0.15, -0.1) is 0 Å². The summed E-state index contributed by atoms with van der Waals surface area (Å²) in [5.74, 6) is 0.260. The van der Waals surface area contributed by atoms with Crippen LogP contribution in [0.4, 0.5) is 0 Å². The Bertz CT molecular complexity index is 967. The van der Waals surface area contributed by atoms with E-state index >= 15 is 0 Å². The van der Waals surface area contributed by atoms with E-state index in [1.165, 1.54) is 0 Å². The molecule has 4 rings (SSSR count). The molecule has 0 bridgehead atoms. The number of aryl methyl sites for hydroxylation is 1. The van der Waals surface area contributed by atoms with Gasteiger partial charge in [-0.2, -0.15) is 0 Å². The molecule has 3 heterocycles. The Labute approximate surface area is 163 Å². The number of hydrogen-bond acceptors (Lipinski definition) is 5. The first-order valence-corrected chi connectivity index (χ1v) is 9.44. The highest BCUT2D eigenvalue weighted by Crippen LogP contribution is 2.27. The van der Waals surface area contributed by atoms with Crippen LogP contribution in [0, 0.1) is 0 Å². The molecule has 7 heteroatoms. The largest absolute Gasteiger partial charge is 0.478 e. The lowest BCUT2D eigenvalue weighted by molar-refractivity contribution is 0.0697. The summed E-state index contributed by atoms with van der Waals surface area (Å²) in [6.07, 6.45) is 9.49. The van der Waals surface area contributed by atoms with Gasteiger partial charge in [0.1, 0.15) is 5.69 Å². The number of benzene rings is 1. The molecule has 144 valence electrons. The molecule has 1 unspecified atom stereocenters. The predicted octanol–water partition coefficient (Wildman–Crippen LogP) is 2.95. The number of rotatable bonds is 5. The smallest absolute Gasteiger partial charge is 0.335 e. The number of nitrogens with zero attached hydrogens (tertiary/aromatic N) is 5. The summed E-state index contributed by atoms with van der Waals surface area (Å²) in [6.45, 7) is 2.76. The van der Waals surface area contributed by atoms with Crippen molar-refractivity contribution in [1.82, 2.24) is 24.4 Å². The minimum absolute atomic E-state index is 0.321. The molecule has 1 saturated heterocycles. The van der Waals surface area contributed by atoms with Crippen molar-refractivity contribution >= 4 is 5.97 Å². The second kappa shape index (κ2) is 7.90. The second-order valence-electron chi connectivity index (χ2n) is 7.27. The van der Waals surface area contributed by atoms with E-state index in [0.717, 1.165) is 55.3 Å². The molecule has 2 aromatic heterocycles. The molecule has 1 fully saturated rings. The van der Waals surface area contributed by atoms with Gasteiger partial charge < -0.3 is 9.67 Å². The van der Waals surface area contributed by atoms with Gasteiger partial charge in [0, 0.05) is 44.6 Å². The summed E-state index contributed by atoms with van der Waals surface area (Å²) in [6, 6.07) is 7.13. The van der Waals surface area contributed by atoms with Crippen molar-refractivity contribution in [3.8, 4) is 11.5 Å². The average Bonchev–Trinajstić information content (AvgIpc) is 3.15. The van der Waals surface area contributed by atoms with Gasteiger partial charge in [-0.1, -0.05) is 12.1 Å². The fourth-order valence-electron chi connectivity index (χ4n) is 3.75. The molecule has 0 radical (unpaired) electrons. The van der Waals surface area contributed by atoms with Gasteiger partial charge in [-0.05, 0) is 37.1 Å². The summed E-state index contributed by atoms with van der Waals surface area (Å²) in [5.41, 5.74) is 3.25. The third-order valence-corrected chi connectivity index (χ3v) is 5.23. The van der Waals surface area contributed by atoms with Crippen molar-refractivity contribution in [1.29, 1.82) is 0 Å². The quantitative estimate of drug-likeness (QED) is 0.736. The van der Waals surface area contributed by atoms with Gasteiger partial charge in [0.05, 0.1) is 17.5 Å². The lowest BCUT2D eigenvalue weighted by atomic mass is 9.94. The Hall–Kier alpha value is -3.06. The summed E-state index contributed by atoms with van der Waals surface area (Å²) < 4.78 is 1.95. The molecular formula is C21H23N5O2. The number of aromatic nitrogens is 4. The van der Waals surface area contributed by atoms with Gasteiger partial charge in [0.15, 0.2) is 5.82 Å². The average molecular weight is 377 g/mol. The normalized spacial score (nSPS) is 17.5. The van der Waals surface area contributed by atoms with Crippen LogP contribution in [0.3, 0.4) is 0 Å². The van der Waals surface area contributed by atoms with Crippen molar-refractivity contribution in [2.75, 3.05) is 13.1 Å². The third-order valence-electron chi connectivity index (χ3n) is 5.23. The molecule has 3 aromatic rings. The van der Waals surface area contributed by atoms with Crippen LogP contribution >= 0.6 is 0 Å². The first kappa shape index (κ1) is 18.3. The maximum atomic E-state index is 11.0. The van der Waals surface area contributed by atoms with Crippen molar-refractivity contribution in [2.24, 2.45) is 7.05 Å². The Kier molecular flexibility index (Phi) is 5.16. The van der Waals surface area contributed by atoms with E-state index in [1.54, 1.807) is 24.5 Å². The SMILES string of the molecule is Cn1ccnc1-c1cncc(C2CCCN(Cc3ccc(C(=O)O)cc3)C2)n1. The van der Waals surface area contributed by atoms with Crippen molar-refractivity contribution in [3.05, 3.63) is 65.9 Å². The van der Waals surface area contributed by atoms with Crippen LogP contribution in [0.15, 0.2) is 49.1 Å². The third kappa shape index (κ3) is 3.94. The maximum absolute atomic E-state index is 11.0. The van der Waals surface area contributed by atoms with Crippen LogP contribution in [-0.2, 0) is 13.6 Å². The van der Waals surface area contributed by atoms with Crippen molar-refractivity contribution < 1.29 is 9.90 Å². The van der Waals surface area contributed by atoms with Crippen LogP contribution in [0.5, 0.6) is 0 Å². The molecule has 0 aliphatic carbocycles. The zero-order valence-corrected chi connectivity index (χ0v) is 15.8. The number of carboxylic acid groups (broad SMARTS) is 1. The van der Waals surface area contributed by atoms with E-state index in [9.17, 15) is 4.79 Å². The van der Waals surface area contributed by atoms with E-state index in [0.29, 0.717) is 11.5 Å². The summed E-state index contributed by atoms with van der Waals surface area (Å²) in [4.78, 5) is 27.0.